The van der Waals surface area contributed by atoms with Gasteiger partial charge in [0.05, 0.1) is 31.0 Å². The maximum atomic E-state index is 12.9. The number of aromatic nitrogens is 2. The second-order valence-electron chi connectivity index (χ2n) is 5.26. The molecule has 0 aliphatic carbocycles. The Morgan fingerprint density at radius 2 is 1.62 bits per heavy atom. The van der Waals surface area contributed by atoms with Crippen molar-refractivity contribution in [3.05, 3.63) is 65.2 Å². The van der Waals surface area contributed by atoms with Crippen LogP contribution in [0.15, 0.2) is 64.4 Å². The molecule has 2 aromatic carbocycles. The molecule has 0 amide bonds. The van der Waals surface area contributed by atoms with E-state index >= 15 is 0 Å². The maximum Gasteiger partial charge on any atom is 0.350 e. The van der Waals surface area contributed by atoms with Crippen molar-refractivity contribution in [2.45, 2.75) is 4.90 Å². The fourth-order valence-electron chi connectivity index (χ4n) is 2.50. The van der Waals surface area contributed by atoms with Crippen molar-refractivity contribution in [2.75, 3.05) is 14.2 Å². The second-order valence-corrected chi connectivity index (χ2v) is 7.05. The summed E-state index contributed by atoms with van der Waals surface area (Å²) < 4.78 is 37.3. The molecule has 0 saturated carbocycles. The number of ether oxygens (including phenoxy) is 2. The first-order valence-corrected chi connectivity index (χ1v) is 8.90. The minimum absolute atomic E-state index is 0.184. The van der Waals surface area contributed by atoms with Crippen molar-refractivity contribution >= 4 is 10.0 Å². The first-order valence-electron chi connectivity index (χ1n) is 7.46. The topological polar surface area (TPSA) is 99.8 Å². The molecule has 3 aromatic rings. The standard InChI is InChI=1S/C17H16N2O6S/c1-24-14-9-8-13(10-15(14)25-2)26(22,23)19-16(20)11-18(17(19)21)12-6-4-3-5-7-12/h3-11,20H,1-2H3. The second kappa shape index (κ2) is 6.60. The fraction of sp³-hybridized carbons (Fsp3) is 0.118. The molecule has 1 N–H and O–H groups in total. The summed E-state index contributed by atoms with van der Waals surface area (Å²) in [7, 11) is -1.56. The highest BCUT2D eigenvalue weighted by molar-refractivity contribution is 7.90. The van der Waals surface area contributed by atoms with E-state index in [1.54, 1.807) is 30.3 Å². The number of rotatable bonds is 5. The number of para-hydroxylation sites is 1. The van der Waals surface area contributed by atoms with E-state index in [0.717, 1.165) is 10.8 Å². The van der Waals surface area contributed by atoms with Gasteiger partial charge in [0.1, 0.15) is 0 Å². The van der Waals surface area contributed by atoms with Crippen LogP contribution in [0.25, 0.3) is 5.69 Å². The molecule has 9 heteroatoms. The Bertz CT molecular complexity index is 1100. The molecule has 0 bridgehead atoms. The fourth-order valence-corrected chi connectivity index (χ4v) is 3.79. The summed E-state index contributed by atoms with van der Waals surface area (Å²) >= 11 is 0. The zero-order valence-corrected chi connectivity index (χ0v) is 14.8. The van der Waals surface area contributed by atoms with Crippen molar-refractivity contribution in [1.82, 2.24) is 8.54 Å². The van der Waals surface area contributed by atoms with E-state index in [9.17, 15) is 18.3 Å². The Morgan fingerprint density at radius 1 is 0.962 bits per heavy atom. The van der Waals surface area contributed by atoms with Crippen LogP contribution in [0.5, 0.6) is 17.4 Å². The predicted octanol–water partition coefficient (Wildman–Crippen LogP) is 1.60. The third-order valence-electron chi connectivity index (χ3n) is 3.76. The number of imidazole rings is 1. The summed E-state index contributed by atoms with van der Waals surface area (Å²) in [5.74, 6) is -0.179. The molecule has 0 saturated heterocycles. The van der Waals surface area contributed by atoms with Gasteiger partial charge in [0.25, 0.3) is 10.0 Å². The molecule has 0 atom stereocenters. The van der Waals surface area contributed by atoms with Crippen LogP contribution in [0, 0.1) is 0 Å². The quantitative estimate of drug-likeness (QED) is 0.726. The first kappa shape index (κ1) is 17.6. The van der Waals surface area contributed by atoms with E-state index in [2.05, 4.69) is 0 Å². The van der Waals surface area contributed by atoms with Crippen molar-refractivity contribution in [1.29, 1.82) is 0 Å². The van der Waals surface area contributed by atoms with E-state index in [1.165, 1.54) is 32.4 Å². The average molecular weight is 376 g/mol. The Hall–Kier alpha value is -3.20. The summed E-state index contributed by atoms with van der Waals surface area (Å²) in [6, 6.07) is 12.3. The molecule has 8 nitrogen and oxygen atoms in total. The van der Waals surface area contributed by atoms with Crippen LogP contribution >= 0.6 is 0 Å². The highest BCUT2D eigenvalue weighted by Crippen LogP contribution is 2.30. The van der Waals surface area contributed by atoms with Crippen molar-refractivity contribution < 1.29 is 23.0 Å². The van der Waals surface area contributed by atoms with Crippen LogP contribution in [0.1, 0.15) is 0 Å². The van der Waals surface area contributed by atoms with Crippen LogP contribution in [0.2, 0.25) is 0 Å². The number of hydrogen-bond acceptors (Lipinski definition) is 6. The van der Waals surface area contributed by atoms with Gasteiger partial charge in [-0.25, -0.2) is 13.2 Å². The molecule has 0 unspecified atom stereocenters. The van der Waals surface area contributed by atoms with Crippen LogP contribution in [0.3, 0.4) is 0 Å². The molecule has 0 spiro atoms. The third kappa shape index (κ3) is 2.82. The molecule has 0 fully saturated rings. The van der Waals surface area contributed by atoms with E-state index in [1.807, 2.05) is 0 Å². The van der Waals surface area contributed by atoms with Gasteiger partial charge in [-0.2, -0.15) is 0 Å². The van der Waals surface area contributed by atoms with Gasteiger partial charge in [0, 0.05) is 6.07 Å². The summed E-state index contributed by atoms with van der Waals surface area (Å²) in [6.07, 6.45) is 1.05. The summed E-state index contributed by atoms with van der Waals surface area (Å²) in [5, 5.41) is 10.1. The first-order chi connectivity index (χ1) is 12.4. The zero-order chi connectivity index (χ0) is 18.9. The number of hydrogen-bond donors (Lipinski definition) is 1. The summed E-state index contributed by atoms with van der Waals surface area (Å²) in [5.41, 5.74) is -0.488. The normalized spacial score (nSPS) is 11.3. The summed E-state index contributed by atoms with van der Waals surface area (Å²) in [4.78, 5) is 12.4. The lowest BCUT2D eigenvalue weighted by molar-refractivity contribution is 0.354. The van der Waals surface area contributed by atoms with Crippen molar-refractivity contribution in [3.63, 3.8) is 0 Å². The molecule has 0 aliphatic heterocycles. The molecule has 3 rings (SSSR count). The Balaban J connectivity index is 2.18. The lowest BCUT2D eigenvalue weighted by Crippen LogP contribution is -2.28. The third-order valence-corrected chi connectivity index (χ3v) is 5.43. The highest BCUT2D eigenvalue weighted by atomic mass is 32.2. The minimum Gasteiger partial charge on any atom is -0.493 e. The lowest BCUT2D eigenvalue weighted by atomic mass is 10.3. The van der Waals surface area contributed by atoms with Gasteiger partial charge in [-0.1, -0.05) is 18.2 Å². The van der Waals surface area contributed by atoms with Crippen LogP contribution in [-0.4, -0.2) is 36.3 Å². The Kier molecular flexibility index (Phi) is 4.47. The lowest BCUT2D eigenvalue weighted by Gasteiger charge is -2.10. The number of methoxy groups -OCH3 is 2. The number of nitrogens with zero attached hydrogens (tertiary/aromatic N) is 2. The molecular weight excluding hydrogens is 360 g/mol. The number of benzene rings is 2. The van der Waals surface area contributed by atoms with E-state index < -0.39 is 21.6 Å². The van der Waals surface area contributed by atoms with Gasteiger partial charge in [0.2, 0.25) is 5.88 Å². The average Bonchev–Trinajstić information content (AvgIpc) is 2.96. The smallest absolute Gasteiger partial charge is 0.350 e. The van der Waals surface area contributed by atoms with Crippen molar-refractivity contribution in [2.24, 2.45) is 0 Å². The molecule has 0 aliphatic rings. The molecule has 1 aromatic heterocycles. The largest absolute Gasteiger partial charge is 0.493 e. The highest BCUT2D eigenvalue weighted by Gasteiger charge is 2.26. The Morgan fingerprint density at radius 3 is 2.23 bits per heavy atom. The summed E-state index contributed by atoms with van der Waals surface area (Å²) in [6.45, 7) is 0. The van der Waals surface area contributed by atoms with Crippen LogP contribution in [-0.2, 0) is 10.0 Å². The van der Waals surface area contributed by atoms with E-state index in [-0.39, 0.29) is 10.6 Å². The molecule has 1 heterocycles. The van der Waals surface area contributed by atoms with Crippen molar-refractivity contribution in [3.8, 4) is 23.1 Å². The molecule has 0 radical (unpaired) electrons. The zero-order valence-electron chi connectivity index (χ0n) is 14.0. The monoisotopic (exact) mass is 376 g/mol. The molecule has 136 valence electrons. The van der Waals surface area contributed by atoms with Crippen LogP contribution < -0.4 is 15.2 Å². The van der Waals surface area contributed by atoms with Gasteiger partial charge in [-0.05, 0) is 24.3 Å². The van der Waals surface area contributed by atoms with Gasteiger partial charge in [-0.15, -0.1) is 3.97 Å². The number of aromatic hydroxyl groups is 1. The maximum absolute atomic E-state index is 12.9. The van der Waals surface area contributed by atoms with Gasteiger partial charge >= 0.3 is 5.69 Å². The predicted molar refractivity (Wildman–Crippen MR) is 93.8 cm³/mol. The van der Waals surface area contributed by atoms with Crippen LogP contribution in [0.4, 0.5) is 0 Å². The van der Waals surface area contributed by atoms with E-state index in [4.69, 9.17) is 9.47 Å². The Labute approximate surface area is 149 Å². The van der Waals surface area contributed by atoms with Gasteiger partial charge < -0.3 is 14.6 Å². The minimum atomic E-state index is -4.35. The van der Waals surface area contributed by atoms with Gasteiger partial charge in [-0.3, -0.25) is 4.57 Å². The molecule has 26 heavy (non-hydrogen) atoms. The SMILES string of the molecule is COc1ccc(S(=O)(=O)n2c(O)cn(-c3ccccc3)c2=O)cc1OC. The molecular formula is C17H16N2O6S. The van der Waals surface area contributed by atoms with Gasteiger partial charge in [0.15, 0.2) is 11.5 Å². The van der Waals surface area contributed by atoms with E-state index in [0.29, 0.717) is 15.4 Å².